The van der Waals surface area contributed by atoms with E-state index in [2.05, 4.69) is 10.6 Å². The fourth-order valence-electron chi connectivity index (χ4n) is 1.68. The first-order chi connectivity index (χ1) is 8.54. The van der Waals surface area contributed by atoms with Gasteiger partial charge in [-0.1, -0.05) is 32.0 Å². The number of aliphatic carboxylic acids is 1. The van der Waals surface area contributed by atoms with Crippen LogP contribution in [-0.4, -0.2) is 22.6 Å². The first-order valence-corrected chi connectivity index (χ1v) is 5.91. The van der Waals surface area contributed by atoms with Crippen LogP contribution in [0.1, 0.15) is 26.7 Å². The first-order valence-electron chi connectivity index (χ1n) is 5.91. The molecule has 5 heteroatoms. The molecule has 0 atom stereocenters. The molecule has 98 valence electrons. The zero-order valence-electron chi connectivity index (χ0n) is 10.6. The molecule has 1 aromatic carbocycles. The average Bonchev–Trinajstić information content (AvgIpc) is 2.37. The van der Waals surface area contributed by atoms with Crippen LogP contribution in [0.5, 0.6) is 0 Å². The quantitative estimate of drug-likeness (QED) is 0.751. The summed E-state index contributed by atoms with van der Waals surface area (Å²) in [5.74, 6) is -1.02. The number of amides is 2. The lowest BCUT2D eigenvalue weighted by Crippen LogP contribution is -2.54. The lowest BCUT2D eigenvalue weighted by atomic mass is 9.93. The summed E-state index contributed by atoms with van der Waals surface area (Å²) >= 11 is 0. The monoisotopic (exact) mass is 250 g/mol. The van der Waals surface area contributed by atoms with Gasteiger partial charge in [-0.25, -0.2) is 9.59 Å². The second kappa shape index (κ2) is 6.05. The van der Waals surface area contributed by atoms with Crippen molar-refractivity contribution >= 4 is 17.7 Å². The van der Waals surface area contributed by atoms with Crippen LogP contribution in [0, 0.1) is 0 Å². The summed E-state index contributed by atoms with van der Waals surface area (Å²) in [4.78, 5) is 23.0. The summed E-state index contributed by atoms with van der Waals surface area (Å²) in [5.41, 5.74) is -0.583. The number of carboxylic acids is 1. The van der Waals surface area contributed by atoms with Gasteiger partial charge in [0.1, 0.15) is 5.54 Å². The van der Waals surface area contributed by atoms with E-state index in [0.717, 1.165) is 0 Å². The van der Waals surface area contributed by atoms with Gasteiger partial charge in [0.25, 0.3) is 0 Å². The number of carbonyl (C=O) groups is 2. The van der Waals surface area contributed by atoms with Gasteiger partial charge in [-0.2, -0.15) is 0 Å². The maximum absolute atomic E-state index is 11.8. The van der Waals surface area contributed by atoms with Gasteiger partial charge in [0.2, 0.25) is 0 Å². The molecule has 0 aliphatic rings. The fraction of sp³-hybridized carbons (Fsp3) is 0.385. The van der Waals surface area contributed by atoms with Gasteiger partial charge in [0, 0.05) is 5.69 Å². The molecule has 0 saturated heterocycles. The highest BCUT2D eigenvalue weighted by Gasteiger charge is 2.36. The lowest BCUT2D eigenvalue weighted by Gasteiger charge is -2.28. The van der Waals surface area contributed by atoms with Gasteiger partial charge < -0.3 is 15.7 Å². The molecule has 0 radical (unpaired) electrons. The maximum atomic E-state index is 11.8. The molecular formula is C13H18N2O3. The van der Waals surface area contributed by atoms with Crippen molar-refractivity contribution in [3.63, 3.8) is 0 Å². The molecule has 0 fully saturated rings. The molecular weight excluding hydrogens is 232 g/mol. The zero-order chi connectivity index (χ0) is 13.6. The number of carboxylic acid groups (broad SMARTS) is 1. The molecule has 0 spiro atoms. The van der Waals surface area contributed by atoms with Crippen LogP contribution < -0.4 is 10.6 Å². The summed E-state index contributed by atoms with van der Waals surface area (Å²) < 4.78 is 0. The van der Waals surface area contributed by atoms with Crippen molar-refractivity contribution in [2.24, 2.45) is 0 Å². The molecule has 18 heavy (non-hydrogen) atoms. The van der Waals surface area contributed by atoms with Gasteiger partial charge in [-0.05, 0) is 25.0 Å². The molecule has 0 aliphatic carbocycles. The summed E-state index contributed by atoms with van der Waals surface area (Å²) in [6, 6.07) is 8.38. The minimum absolute atomic E-state index is 0.334. The van der Waals surface area contributed by atoms with Crippen LogP contribution in [0.25, 0.3) is 0 Å². The highest BCUT2D eigenvalue weighted by Crippen LogP contribution is 2.16. The Balaban J connectivity index is 2.71. The Bertz CT molecular complexity index is 414. The molecule has 5 nitrogen and oxygen atoms in total. The predicted molar refractivity (Wildman–Crippen MR) is 69.5 cm³/mol. The molecule has 0 heterocycles. The van der Waals surface area contributed by atoms with E-state index in [4.69, 9.17) is 0 Å². The Morgan fingerprint density at radius 1 is 1.17 bits per heavy atom. The number of para-hydroxylation sites is 1. The number of hydrogen-bond donors (Lipinski definition) is 3. The normalized spacial score (nSPS) is 10.8. The topological polar surface area (TPSA) is 78.4 Å². The third-order valence-corrected chi connectivity index (χ3v) is 3.00. The van der Waals surface area contributed by atoms with Crippen LogP contribution in [0.15, 0.2) is 30.3 Å². The van der Waals surface area contributed by atoms with E-state index in [9.17, 15) is 14.7 Å². The second-order valence-corrected chi connectivity index (χ2v) is 4.04. The number of benzene rings is 1. The maximum Gasteiger partial charge on any atom is 0.329 e. The van der Waals surface area contributed by atoms with Crippen molar-refractivity contribution in [2.45, 2.75) is 32.2 Å². The van der Waals surface area contributed by atoms with Crippen LogP contribution in [-0.2, 0) is 4.79 Å². The third-order valence-electron chi connectivity index (χ3n) is 3.00. The van der Waals surface area contributed by atoms with Crippen LogP contribution in [0.4, 0.5) is 10.5 Å². The van der Waals surface area contributed by atoms with Crippen LogP contribution in [0.2, 0.25) is 0 Å². The molecule has 0 aliphatic heterocycles. The van der Waals surface area contributed by atoms with E-state index >= 15 is 0 Å². The average molecular weight is 250 g/mol. The van der Waals surface area contributed by atoms with E-state index in [1.165, 1.54) is 0 Å². The van der Waals surface area contributed by atoms with Crippen molar-refractivity contribution in [1.82, 2.24) is 5.32 Å². The van der Waals surface area contributed by atoms with E-state index in [-0.39, 0.29) is 0 Å². The Morgan fingerprint density at radius 3 is 2.17 bits per heavy atom. The summed E-state index contributed by atoms with van der Waals surface area (Å²) in [6.07, 6.45) is 0.669. The summed E-state index contributed by atoms with van der Waals surface area (Å²) in [6.45, 7) is 3.47. The SMILES string of the molecule is CCC(CC)(NC(=O)Nc1ccccc1)C(=O)O. The number of anilines is 1. The van der Waals surface area contributed by atoms with E-state index in [1.807, 2.05) is 6.07 Å². The second-order valence-electron chi connectivity index (χ2n) is 4.04. The van der Waals surface area contributed by atoms with Gasteiger partial charge in [0.05, 0.1) is 0 Å². The molecule has 2 amide bonds. The van der Waals surface area contributed by atoms with Gasteiger partial charge >= 0.3 is 12.0 Å². The zero-order valence-corrected chi connectivity index (χ0v) is 10.6. The van der Waals surface area contributed by atoms with Gasteiger partial charge in [-0.15, -0.1) is 0 Å². The highest BCUT2D eigenvalue weighted by atomic mass is 16.4. The summed E-state index contributed by atoms with van der Waals surface area (Å²) in [7, 11) is 0. The number of rotatable bonds is 5. The van der Waals surface area contributed by atoms with Crippen molar-refractivity contribution in [3.8, 4) is 0 Å². The molecule has 0 bridgehead atoms. The predicted octanol–water partition coefficient (Wildman–Crippen LogP) is 2.45. The third kappa shape index (κ3) is 3.23. The summed E-state index contributed by atoms with van der Waals surface area (Å²) in [5, 5.41) is 14.3. The van der Waals surface area contributed by atoms with Gasteiger partial charge in [0.15, 0.2) is 0 Å². The number of carbonyl (C=O) groups excluding carboxylic acids is 1. The lowest BCUT2D eigenvalue weighted by molar-refractivity contribution is -0.144. The highest BCUT2D eigenvalue weighted by molar-refractivity contribution is 5.93. The smallest absolute Gasteiger partial charge is 0.329 e. The molecule has 0 aromatic heterocycles. The Morgan fingerprint density at radius 2 is 1.72 bits per heavy atom. The number of urea groups is 1. The molecule has 3 N–H and O–H groups in total. The van der Waals surface area contributed by atoms with E-state index in [1.54, 1.807) is 38.1 Å². The first kappa shape index (κ1) is 14.0. The van der Waals surface area contributed by atoms with Crippen molar-refractivity contribution in [2.75, 3.05) is 5.32 Å². The minimum Gasteiger partial charge on any atom is -0.480 e. The van der Waals surface area contributed by atoms with Crippen molar-refractivity contribution < 1.29 is 14.7 Å². The number of hydrogen-bond acceptors (Lipinski definition) is 2. The standard InChI is InChI=1S/C13H18N2O3/c1-3-13(4-2,11(16)17)15-12(18)14-10-8-6-5-7-9-10/h5-9H,3-4H2,1-2H3,(H,16,17)(H2,14,15,18). The molecule has 0 saturated carbocycles. The van der Waals surface area contributed by atoms with E-state index in [0.29, 0.717) is 18.5 Å². The minimum atomic E-state index is -1.21. The van der Waals surface area contributed by atoms with E-state index < -0.39 is 17.5 Å². The van der Waals surface area contributed by atoms with Crippen molar-refractivity contribution in [1.29, 1.82) is 0 Å². The largest absolute Gasteiger partial charge is 0.480 e. The Hall–Kier alpha value is -2.04. The van der Waals surface area contributed by atoms with Crippen LogP contribution >= 0.6 is 0 Å². The van der Waals surface area contributed by atoms with Gasteiger partial charge in [-0.3, -0.25) is 0 Å². The molecule has 1 rings (SSSR count). The Kier molecular flexibility index (Phi) is 4.71. The molecule has 0 unspecified atom stereocenters. The number of nitrogens with one attached hydrogen (secondary N) is 2. The fourth-order valence-corrected chi connectivity index (χ4v) is 1.68. The van der Waals surface area contributed by atoms with Crippen LogP contribution in [0.3, 0.4) is 0 Å². The Labute approximate surface area is 106 Å². The van der Waals surface area contributed by atoms with Crippen molar-refractivity contribution in [3.05, 3.63) is 30.3 Å². The molecule has 1 aromatic rings.